The van der Waals surface area contributed by atoms with Crippen LogP contribution in [0.5, 0.6) is 0 Å². The van der Waals surface area contributed by atoms with Crippen LogP contribution in [0.1, 0.15) is 55.3 Å². The molecule has 3 heterocycles. The number of unbranched alkanes of at least 4 members (excludes halogenated alkanes) is 1. The first kappa shape index (κ1) is 20.5. The molecule has 1 fully saturated rings. The molecule has 1 saturated heterocycles. The number of carbonyl (C=O) groups is 2. The van der Waals surface area contributed by atoms with Gasteiger partial charge in [-0.25, -0.2) is 4.98 Å². The van der Waals surface area contributed by atoms with Crippen molar-refractivity contribution >= 4 is 28.3 Å². The van der Waals surface area contributed by atoms with Gasteiger partial charge in [-0.05, 0) is 57.8 Å². The van der Waals surface area contributed by atoms with Crippen molar-refractivity contribution in [1.82, 2.24) is 15.2 Å². The molecule has 1 aliphatic heterocycles. The minimum atomic E-state index is -0.349. The molecule has 0 aliphatic carbocycles. The number of anilines is 1. The van der Waals surface area contributed by atoms with Crippen molar-refractivity contribution in [2.45, 2.75) is 51.5 Å². The van der Waals surface area contributed by atoms with Crippen LogP contribution in [0.25, 0.3) is 0 Å². The number of aromatic nitrogens is 1. The maximum Gasteiger partial charge on any atom is 0.293 e. The fourth-order valence-corrected chi connectivity index (χ4v) is 4.10. The number of furan rings is 1. The average Bonchev–Trinajstić information content (AvgIpc) is 3.35. The number of nitrogens with one attached hydrogen (secondary N) is 2. The summed E-state index contributed by atoms with van der Waals surface area (Å²) in [6, 6.07) is 3.93. The second-order valence-corrected chi connectivity index (χ2v) is 8.05. The Kier molecular flexibility index (Phi) is 7.62. The van der Waals surface area contributed by atoms with Crippen molar-refractivity contribution in [3.63, 3.8) is 0 Å². The molecule has 1 atom stereocenters. The number of amides is 2. The van der Waals surface area contributed by atoms with E-state index in [-0.39, 0.29) is 24.0 Å². The molecule has 2 aromatic rings. The minimum absolute atomic E-state index is 0.0412. The summed E-state index contributed by atoms with van der Waals surface area (Å²) >= 11 is 1.29. The Morgan fingerprint density at radius 3 is 3.04 bits per heavy atom. The van der Waals surface area contributed by atoms with Crippen LogP contribution in [0.15, 0.2) is 28.2 Å². The standard InChI is InChI=1S/C20H28N4O3S/c1-15-7-2-4-10-24(15)11-5-3-9-21-18(25)13-16-14-28-20(22-16)23-19(26)17-8-6-12-27-17/h6,8,12,14-15H,2-5,7,9-11,13H2,1H3,(H,21,25)(H,22,23,26). The number of thiazole rings is 1. The van der Waals surface area contributed by atoms with Gasteiger partial charge in [0.05, 0.1) is 18.4 Å². The van der Waals surface area contributed by atoms with Crippen molar-refractivity contribution < 1.29 is 14.0 Å². The van der Waals surface area contributed by atoms with Gasteiger partial charge < -0.3 is 14.6 Å². The monoisotopic (exact) mass is 404 g/mol. The first-order valence-corrected chi connectivity index (χ1v) is 10.8. The highest BCUT2D eigenvalue weighted by Crippen LogP contribution is 2.18. The lowest BCUT2D eigenvalue weighted by Gasteiger charge is -2.33. The van der Waals surface area contributed by atoms with Crippen LogP contribution >= 0.6 is 11.3 Å². The van der Waals surface area contributed by atoms with Crippen molar-refractivity contribution in [3.05, 3.63) is 35.2 Å². The van der Waals surface area contributed by atoms with Gasteiger partial charge >= 0.3 is 0 Å². The van der Waals surface area contributed by atoms with Gasteiger partial charge in [0.15, 0.2) is 10.9 Å². The van der Waals surface area contributed by atoms with Crippen molar-refractivity contribution in [3.8, 4) is 0 Å². The summed E-state index contributed by atoms with van der Waals surface area (Å²) in [5, 5.41) is 7.87. The number of carbonyl (C=O) groups excluding carboxylic acids is 2. The molecule has 0 spiro atoms. The Bertz CT molecular complexity index is 759. The Labute approximate surface area is 169 Å². The second-order valence-electron chi connectivity index (χ2n) is 7.19. The lowest BCUT2D eigenvalue weighted by Crippen LogP contribution is -2.38. The molecule has 8 heteroatoms. The smallest absolute Gasteiger partial charge is 0.293 e. The van der Waals surface area contributed by atoms with E-state index in [9.17, 15) is 9.59 Å². The summed E-state index contributed by atoms with van der Waals surface area (Å²) in [6.45, 7) is 5.31. The predicted molar refractivity (Wildman–Crippen MR) is 110 cm³/mol. The highest BCUT2D eigenvalue weighted by atomic mass is 32.1. The molecule has 28 heavy (non-hydrogen) atoms. The number of rotatable bonds is 9. The van der Waals surface area contributed by atoms with E-state index in [1.165, 1.54) is 43.4 Å². The molecule has 152 valence electrons. The van der Waals surface area contributed by atoms with Crippen LogP contribution in [0, 0.1) is 0 Å². The van der Waals surface area contributed by atoms with E-state index in [4.69, 9.17) is 4.42 Å². The van der Waals surface area contributed by atoms with Crippen LogP contribution < -0.4 is 10.6 Å². The third kappa shape index (κ3) is 6.17. The van der Waals surface area contributed by atoms with E-state index < -0.39 is 0 Å². The SMILES string of the molecule is CC1CCCCN1CCCCNC(=O)Cc1csc(NC(=O)c2ccco2)n1. The van der Waals surface area contributed by atoms with E-state index in [2.05, 4.69) is 27.4 Å². The topological polar surface area (TPSA) is 87.5 Å². The van der Waals surface area contributed by atoms with Crippen molar-refractivity contribution in [2.24, 2.45) is 0 Å². The minimum Gasteiger partial charge on any atom is -0.459 e. The van der Waals surface area contributed by atoms with Gasteiger partial charge in [0, 0.05) is 18.0 Å². The maximum absolute atomic E-state index is 12.1. The predicted octanol–water partition coefficient (Wildman–Crippen LogP) is 3.30. The van der Waals surface area contributed by atoms with E-state index in [0.717, 1.165) is 19.4 Å². The van der Waals surface area contributed by atoms with Gasteiger partial charge in [0.2, 0.25) is 5.91 Å². The molecule has 7 nitrogen and oxygen atoms in total. The maximum atomic E-state index is 12.1. The largest absolute Gasteiger partial charge is 0.459 e. The Hall–Kier alpha value is -2.19. The first-order valence-electron chi connectivity index (χ1n) is 9.92. The molecular weight excluding hydrogens is 376 g/mol. The number of nitrogens with zero attached hydrogens (tertiary/aromatic N) is 2. The van der Waals surface area contributed by atoms with Crippen LogP contribution in [-0.4, -0.2) is 47.4 Å². The van der Waals surface area contributed by atoms with Crippen LogP contribution in [-0.2, 0) is 11.2 Å². The molecule has 2 aromatic heterocycles. The summed E-state index contributed by atoms with van der Waals surface area (Å²) in [5.74, 6) is -0.160. The van der Waals surface area contributed by atoms with Gasteiger partial charge in [0.25, 0.3) is 5.91 Å². The zero-order valence-corrected chi connectivity index (χ0v) is 17.1. The Morgan fingerprint density at radius 1 is 1.36 bits per heavy atom. The third-order valence-corrected chi connectivity index (χ3v) is 5.80. The van der Waals surface area contributed by atoms with E-state index in [0.29, 0.717) is 23.4 Å². The molecule has 1 unspecified atom stereocenters. The average molecular weight is 405 g/mol. The Balaban J connectivity index is 1.31. The van der Waals surface area contributed by atoms with Gasteiger partial charge in [-0.3, -0.25) is 14.9 Å². The second kappa shape index (κ2) is 10.4. The number of piperidine rings is 1. The molecule has 0 saturated carbocycles. The molecule has 0 radical (unpaired) electrons. The zero-order chi connectivity index (χ0) is 19.8. The van der Waals surface area contributed by atoms with Gasteiger partial charge in [0.1, 0.15) is 0 Å². The number of hydrogen-bond donors (Lipinski definition) is 2. The molecule has 2 N–H and O–H groups in total. The van der Waals surface area contributed by atoms with Crippen molar-refractivity contribution in [1.29, 1.82) is 0 Å². The normalized spacial score (nSPS) is 17.4. The molecule has 1 aliphatic rings. The molecule has 0 aromatic carbocycles. The van der Waals surface area contributed by atoms with Gasteiger partial charge in [-0.1, -0.05) is 6.42 Å². The summed E-state index contributed by atoms with van der Waals surface area (Å²) in [7, 11) is 0. The number of likely N-dealkylation sites (tertiary alicyclic amines) is 1. The van der Waals surface area contributed by atoms with Crippen LogP contribution in [0.3, 0.4) is 0 Å². The fourth-order valence-electron chi connectivity index (χ4n) is 3.40. The van der Waals surface area contributed by atoms with E-state index >= 15 is 0 Å². The zero-order valence-electron chi connectivity index (χ0n) is 16.3. The van der Waals surface area contributed by atoms with Gasteiger partial charge in [-0.15, -0.1) is 11.3 Å². The molecule has 3 rings (SSSR count). The van der Waals surface area contributed by atoms with Crippen LogP contribution in [0.4, 0.5) is 5.13 Å². The van der Waals surface area contributed by atoms with Crippen molar-refractivity contribution in [2.75, 3.05) is 25.0 Å². The number of hydrogen-bond acceptors (Lipinski definition) is 6. The third-order valence-electron chi connectivity index (χ3n) is 4.99. The molecule has 0 bridgehead atoms. The quantitative estimate of drug-likeness (QED) is 0.626. The van der Waals surface area contributed by atoms with E-state index in [1.807, 2.05) is 0 Å². The first-order chi connectivity index (χ1) is 13.6. The van der Waals surface area contributed by atoms with Crippen LogP contribution in [0.2, 0.25) is 0 Å². The van der Waals surface area contributed by atoms with Gasteiger partial charge in [-0.2, -0.15) is 0 Å². The highest BCUT2D eigenvalue weighted by molar-refractivity contribution is 7.14. The Morgan fingerprint density at radius 2 is 2.25 bits per heavy atom. The summed E-state index contributed by atoms with van der Waals surface area (Å²) in [5.41, 5.74) is 0.652. The molecular formula is C20H28N4O3S. The highest BCUT2D eigenvalue weighted by Gasteiger charge is 2.17. The summed E-state index contributed by atoms with van der Waals surface area (Å²) in [4.78, 5) is 30.9. The van der Waals surface area contributed by atoms with E-state index in [1.54, 1.807) is 17.5 Å². The summed E-state index contributed by atoms with van der Waals surface area (Å²) < 4.78 is 5.05. The lowest BCUT2D eigenvalue weighted by atomic mass is 10.0. The lowest BCUT2D eigenvalue weighted by molar-refractivity contribution is -0.120. The fraction of sp³-hybridized carbons (Fsp3) is 0.550. The molecule has 2 amide bonds. The summed E-state index contributed by atoms with van der Waals surface area (Å²) in [6.07, 6.45) is 7.70.